The van der Waals surface area contributed by atoms with Crippen LogP contribution in [0.25, 0.3) is 0 Å². The second kappa shape index (κ2) is 8.53. The average Bonchev–Trinajstić information content (AvgIpc) is 2.25. The molecule has 0 aliphatic heterocycles. The predicted octanol–water partition coefficient (Wildman–Crippen LogP) is 0.874. The van der Waals surface area contributed by atoms with Gasteiger partial charge in [-0.15, -0.1) is 0 Å². The van der Waals surface area contributed by atoms with Crippen LogP contribution in [0.3, 0.4) is 0 Å². The standard InChI is InChI=1S/C11H12O2.CH4O3S/c1-10-4-6-11(7-5-10)13-9-3-2-8-12;1-5(2,3)4/h4-7,12H,8-9H2,1H3;1H3,(H,2,3,4). The van der Waals surface area contributed by atoms with Gasteiger partial charge >= 0.3 is 0 Å². The van der Waals surface area contributed by atoms with Crippen molar-refractivity contribution in [3.63, 3.8) is 0 Å². The molecule has 1 aromatic carbocycles. The highest BCUT2D eigenvalue weighted by molar-refractivity contribution is 7.85. The molecule has 0 unspecified atom stereocenters. The number of aliphatic hydroxyl groups is 1. The first kappa shape index (κ1) is 16.4. The van der Waals surface area contributed by atoms with E-state index in [0.717, 1.165) is 5.75 Å². The van der Waals surface area contributed by atoms with Gasteiger partial charge in [0.2, 0.25) is 0 Å². The molecule has 0 radical (unpaired) electrons. The highest BCUT2D eigenvalue weighted by atomic mass is 32.2. The molecule has 5 nitrogen and oxygen atoms in total. The maximum absolute atomic E-state index is 9.19. The minimum atomic E-state index is -3.67. The molecule has 2 N–H and O–H groups in total. The lowest BCUT2D eigenvalue weighted by Gasteiger charge is -2.01. The Labute approximate surface area is 107 Å². The first-order valence-corrected chi connectivity index (χ1v) is 6.86. The van der Waals surface area contributed by atoms with Crippen LogP contribution in [0.5, 0.6) is 5.75 Å². The number of benzene rings is 1. The molecule has 0 aliphatic rings. The van der Waals surface area contributed by atoms with Crippen molar-refractivity contribution in [3.05, 3.63) is 29.8 Å². The monoisotopic (exact) mass is 272 g/mol. The van der Waals surface area contributed by atoms with Crippen LogP contribution in [-0.4, -0.2) is 37.5 Å². The van der Waals surface area contributed by atoms with E-state index >= 15 is 0 Å². The van der Waals surface area contributed by atoms with Crippen molar-refractivity contribution in [3.8, 4) is 17.6 Å². The van der Waals surface area contributed by atoms with Crippen molar-refractivity contribution in [1.29, 1.82) is 0 Å². The van der Waals surface area contributed by atoms with Crippen LogP contribution in [0.1, 0.15) is 5.56 Å². The van der Waals surface area contributed by atoms with Gasteiger partial charge in [-0.1, -0.05) is 29.5 Å². The number of rotatable bonds is 2. The van der Waals surface area contributed by atoms with Gasteiger partial charge in [-0.3, -0.25) is 4.55 Å². The summed E-state index contributed by atoms with van der Waals surface area (Å²) in [6, 6.07) is 7.76. The van der Waals surface area contributed by atoms with Gasteiger partial charge in [-0.05, 0) is 19.1 Å². The normalized spacial score (nSPS) is 9.56. The van der Waals surface area contributed by atoms with Crippen molar-refractivity contribution in [2.75, 3.05) is 19.5 Å². The van der Waals surface area contributed by atoms with E-state index in [9.17, 15) is 8.42 Å². The maximum Gasteiger partial charge on any atom is 0.261 e. The summed E-state index contributed by atoms with van der Waals surface area (Å²) in [6.45, 7) is 2.23. The molecule has 0 spiro atoms. The van der Waals surface area contributed by atoms with E-state index in [1.54, 1.807) is 0 Å². The second-order valence-electron chi connectivity index (χ2n) is 3.35. The van der Waals surface area contributed by atoms with E-state index in [1.165, 1.54) is 5.56 Å². The van der Waals surface area contributed by atoms with Crippen LogP contribution in [-0.2, 0) is 10.1 Å². The Morgan fingerprint density at radius 3 is 2.17 bits per heavy atom. The number of aliphatic hydroxyl groups excluding tert-OH is 1. The Hall–Kier alpha value is -1.55. The Balaban J connectivity index is 0.000000494. The Kier molecular flexibility index (Phi) is 7.79. The Morgan fingerprint density at radius 1 is 1.22 bits per heavy atom. The van der Waals surface area contributed by atoms with Crippen molar-refractivity contribution in [1.82, 2.24) is 0 Å². The van der Waals surface area contributed by atoms with Crippen molar-refractivity contribution >= 4 is 10.1 Å². The second-order valence-corrected chi connectivity index (χ2v) is 4.81. The summed E-state index contributed by atoms with van der Waals surface area (Å²) < 4.78 is 31.1. The van der Waals surface area contributed by atoms with Crippen LogP contribution in [0.4, 0.5) is 0 Å². The van der Waals surface area contributed by atoms with E-state index < -0.39 is 10.1 Å². The maximum atomic E-state index is 9.19. The first-order chi connectivity index (χ1) is 8.33. The van der Waals surface area contributed by atoms with E-state index in [0.29, 0.717) is 12.9 Å². The largest absolute Gasteiger partial charge is 0.481 e. The lowest BCUT2D eigenvalue weighted by atomic mass is 10.2. The van der Waals surface area contributed by atoms with Crippen LogP contribution >= 0.6 is 0 Å². The SMILES string of the molecule is CS(=O)(=O)O.Cc1ccc(OCC#CCO)cc1. The molecule has 18 heavy (non-hydrogen) atoms. The van der Waals surface area contributed by atoms with Gasteiger partial charge in [0.1, 0.15) is 19.0 Å². The van der Waals surface area contributed by atoms with E-state index in [2.05, 4.69) is 11.8 Å². The van der Waals surface area contributed by atoms with Crippen LogP contribution in [0, 0.1) is 18.8 Å². The fourth-order valence-electron chi connectivity index (χ4n) is 0.861. The summed E-state index contributed by atoms with van der Waals surface area (Å²) in [4.78, 5) is 0. The van der Waals surface area contributed by atoms with Crippen LogP contribution in [0.2, 0.25) is 0 Å². The zero-order valence-corrected chi connectivity index (χ0v) is 11.1. The molecule has 0 amide bonds. The molecule has 0 bridgehead atoms. The van der Waals surface area contributed by atoms with Gasteiger partial charge in [-0.25, -0.2) is 0 Å². The predicted molar refractivity (Wildman–Crippen MR) is 69.0 cm³/mol. The molecule has 0 heterocycles. The lowest BCUT2D eigenvalue weighted by Crippen LogP contribution is -1.93. The molecule has 100 valence electrons. The van der Waals surface area contributed by atoms with Gasteiger partial charge in [-0.2, -0.15) is 8.42 Å². The summed E-state index contributed by atoms with van der Waals surface area (Å²) in [5.41, 5.74) is 1.20. The number of hydrogen-bond acceptors (Lipinski definition) is 4. The zero-order valence-electron chi connectivity index (χ0n) is 10.3. The Morgan fingerprint density at radius 2 is 1.72 bits per heavy atom. The summed E-state index contributed by atoms with van der Waals surface area (Å²) in [6.07, 6.45) is 0.715. The van der Waals surface area contributed by atoms with E-state index in [1.807, 2.05) is 31.2 Å². The number of aryl methyl sites for hydroxylation is 1. The third-order valence-corrected chi connectivity index (χ3v) is 1.54. The van der Waals surface area contributed by atoms with Crippen LogP contribution < -0.4 is 4.74 Å². The van der Waals surface area contributed by atoms with Crippen LogP contribution in [0.15, 0.2) is 24.3 Å². The lowest BCUT2D eigenvalue weighted by molar-refractivity contribution is 0.347. The molecular weight excluding hydrogens is 256 g/mol. The molecule has 0 aliphatic carbocycles. The molecule has 0 fully saturated rings. The topological polar surface area (TPSA) is 83.8 Å². The smallest absolute Gasteiger partial charge is 0.261 e. The zero-order chi connectivity index (χ0) is 14.0. The minimum absolute atomic E-state index is 0.114. The molecule has 0 saturated heterocycles. The van der Waals surface area contributed by atoms with E-state index in [4.69, 9.17) is 14.4 Å². The fraction of sp³-hybridized carbons (Fsp3) is 0.333. The van der Waals surface area contributed by atoms with Gasteiger partial charge in [0, 0.05) is 0 Å². The van der Waals surface area contributed by atoms with Crippen molar-refractivity contribution < 1.29 is 22.8 Å². The average molecular weight is 272 g/mol. The van der Waals surface area contributed by atoms with Gasteiger partial charge in [0.15, 0.2) is 0 Å². The van der Waals surface area contributed by atoms with Gasteiger partial charge < -0.3 is 9.84 Å². The molecule has 1 rings (SSSR count). The minimum Gasteiger partial charge on any atom is -0.481 e. The van der Waals surface area contributed by atoms with Gasteiger partial charge in [0.05, 0.1) is 6.26 Å². The summed E-state index contributed by atoms with van der Waals surface area (Å²) in [5.74, 6) is 5.99. The van der Waals surface area contributed by atoms with Crippen molar-refractivity contribution in [2.45, 2.75) is 6.92 Å². The fourth-order valence-corrected chi connectivity index (χ4v) is 0.861. The number of hydrogen-bond donors (Lipinski definition) is 2. The molecule has 0 aromatic heterocycles. The summed E-state index contributed by atoms with van der Waals surface area (Å²) in [7, 11) is -3.67. The molecule has 6 heteroatoms. The summed E-state index contributed by atoms with van der Waals surface area (Å²) in [5, 5.41) is 8.37. The van der Waals surface area contributed by atoms with E-state index in [-0.39, 0.29) is 6.61 Å². The first-order valence-electron chi connectivity index (χ1n) is 5.01. The number of ether oxygens (including phenoxy) is 1. The molecule has 1 aromatic rings. The highest BCUT2D eigenvalue weighted by Crippen LogP contribution is 2.10. The third-order valence-electron chi connectivity index (χ3n) is 1.54. The Bertz CT molecular complexity index is 486. The molecule has 0 saturated carbocycles. The third kappa shape index (κ3) is 12.5. The van der Waals surface area contributed by atoms with Crippen molar-refractivity contribution in [2.24, 2.45) is 0 Å². The highest BCUT2D eigenvalue weighted by Gasteiger charge is 1.89. The summed E-state index contributed by atoms with van der Waals surface area (Å²) >= 11 is 0. The molecular formula is C12H16O5S. The van der Waals surface area contributed by atoms with Gasteiger partial charge in [0.25, 0.3) is 10.1 Å². The quantitative estimate of drug-likeness (QED) is 0.616. The molecule has 0 atom stereocenters.